The first kappa shape index (κ1) is 17.5. The van der Waals surface area contributed by atoms with Crippen LogP contribution in [0.1, 0.15) is 37.3 Å². The molecule has 1 fully saturated rings. The standard InChI is InChI=1S/C18H26N4O3/c1-13-6-8-22(15(11-13)16-5-4-9-25-16)18(23)19-17-12-14(7-10-24-3)20-21(17)2/h4-5,9,12-13,15H,6-8,10-11H2,1-3H3,(H,19,23)/t13-,15-/m1/s1. The molecule has 7 nitrogen and oxygen atoms in total. The Morgan fingerprint density at radius 3 is 3.08 bits per heavy atom. The number of piperidine rings is 1. The number of methoxy groups -OCH3 is 1. The van der Waals surface area contributed by atoms with Crippen LogP contribution >= 0.6 is 0 Å². The molecule has 7 heteroatoms. The van der Waals surface area contributed by atoms with Crippen LogP contribution in [0.25, 0.3) is 0 Å². The van der Waals surface area contributed by atoms with Crippen LogP contribution in [0.3, 0.4) is 0 Å². The first-order chi connectivity index (χ1) is 12.1. The van der Waals surface area contributed by atoms with Gasteiger partial charge in [-0.3, -0.25) is 10.00 Å². The molecule has 0 saturated carbocycles. The van der Waals surface area contributed by atoms with E-state index in [1.807, 2.05) is 30.1 Å². The number of ether oxygens (including phenoxy) is 1. The first-order valence-corrected chi connectivity index (χ1v) is 8.71. The molecule has 2 amide bonds. The number of hydrogen-bond donors (Lipinski definition) is 1. The number of hydrogen-bond acceptors (Lipinski definition) is 4. The Morgan fingerprint density at radius 2 is 2.36 bits per heavy atom. The van der Waals surface area contributed by atoms with Gasteiger partial charge in [0.1, 0.15) is 11.6 Å². The highest BCUT2D eigenvalue weighted by Gasteiger charge is 2.33. The molecule has 0 bridgehead atoms. The van der Waals surface area contributed by atoms with E-state index >= 15 is 0 Å². The van der Waals surface area contributed by atoms with Crippen LogP contribution in [0.4, 0.5) is 10.6 Å². The van der Waals surface area contributed by atoms with Crippen LogP contribution in [-0.4, -0.2) is 41.0 Å². The van der Waals surface area contributed by atoms with Crippen molar-refractivity contribution in [2.45, 2.75) is 32.2 Å². The summed E-state index contributed by atoms with van der Waals surface area (Å²) in [7, 11) is 3.49. The summed E-state index contributed by atoms with van der Waals surface area (Å²) in [5, 5.41) is 7.40. The van der Waals surface area contributed by atoms with Crippen molar-refractivity contribution in [1.82, 2.24) is 14.7 Å². The van der Waals surface area contributed by atoms with E-state index in [4.69, 9.17) is 9.15 Å². The minimum atomic E-state index is -0.116. The molecular weight excluding hydrogens is 320 g/mol. The van der Waals surface area contributed by atoms with Gasteiger partial charge in [0.05, 0.1) is 24.6 Å². The van der Waals surface area contributed by atoms with Crippen molar-refractivity contribution in [3.8, 4) is 0 Å². The van der Waals surface area contributed by atoms with E-state index in [-0.39, 0.29) is 12.1 Å². The number of aromatic nitrogens is 2. The Balaban J connectivity index is 1.72. The Labute approximate surface area is 147 Å². The summed E-state index contributed by atoms with van der Waals surface area (Å²) in [5.41, 5.74) is 0.898. The fourth-order valence-electron chi connectivity index (χ4n) is 3.29. The topological polar surface area (TPSA) is 72.5 Å². The normalized spacial score (nSPS) is 20.7. The first-order valence-electron chi connectivity index (χ1n) is 8.71. The Bertz CT molecular complexity index is 695. The van der Waals surface area contributed by atoms with E-state index in [0.717, 1.165) is 30.7 Å². The average Bonchev–Trinajstić information content (AvgIpc) is 3.23. The van der Waals surface area contributed by atoms with Gasteiger partial charge in [0.2, 0.25) is 0 Å². The van der Waals surface area contributed by atoms with Crippen LogP contribution in [-0.2, 0) is 18.2 Å². The lowest BCUT2D eigenvalue weighted by molar-refractivity contribution is 0.129. The number of anilines is 1. The lowest BCUT2D eigenvalue weighted by atomic mass is 9.91. The SMILES string of the molecule is COCCc1cc(NC(=O)N2CC[C@@H](C)C[C@@H]2c2ccco2)n(C)n1. The molecule has 1 N–H and O–H groups in total. The van der Waals surface area contributed by atoms with Gasteiger partial charge in [0, 0.05) is 33.2 Å². The van der Waals surface area contributed by atoms with Crippen molar-refractivity contribution in [3.05, 3.63) is 35.9 Å². The third-order valence-electron chi connectivity index (χ3n) is 4.72. The molecule has 2 aromatic rings. The zero-order chi connectivity index (χ0) is 17.8. The van der Waals surface area contributed by atoms with Gasteiger partial charge in [-0.15, -0.1) is 0 Å². The zero-order valence-corrected chi connectivity index (χ0v) is 15.1. The van der Waals surface area contributed by atoms with Gasteiger partial charge in [0.25, 0.3) is 0 Å². The minimum absolute atomic E-state index is 0.0278. The molecule has 2 aromatic heterocycles. The van der Waals surface area contributed by atoms with E-state index in [0.29, 0.717) is 24.9 Å². The summed E-state index contributed by atoms with van der Waals surface area (Å²) in [6, 6.07) is 5.56. The van der Waals surface area contributed by atoms with Gasteiger partial charge in [-0.25, -0.2) is 4.79 Å². The highest BCUT2D eigenvalue weighted by molar-refractivity contribution is 5.88. The molecule has 1 saturated heterocycles. The van der Waals surface area contributed by atoms with Gasteiger partial charge in [-0.1, -0.05) is 6.92 Å². The quantitative estimate of drug-likeness (QED) is 0.902. The lowest BCUT2D eigenvalue weighted by Gasteiger charge is -2.37. The second-order valence-electron chi connectivity index (χ2n) is 6.67. The van der Waals surface area contributed by atoms with E-state index in [2.05, 4.69) is 17.3 Å². The maximum absolute atomic E-state index is 12.9. The summed E-state index contributed by atoms with van der Waals surface area (Å²) in [4.78, 5) is 14.7. The predicted octanol–water partition coefficient (Wildman–Crippen LogP) is 3.21. The molecule has 1 aliphatic rings. The summed E-state index contributed by atoms with van der Waals surface area (Å²) < 4.78 is 12.3. The molecular formula is C18H26N4O3. The molecule has 0 radical (unpaired) electrons. The molecule has 0 spiro atoms. The lowest BCUT2D eigenvalue weighted by Crippen LogP contribution is -2.43. The van der Waals surface area contributed by atoms with E-state index < -0.39 is 0 Å². The monoisotopic (exact) mass is 346 g/mol. The molecule has 0 aliphatic carbocycles. The number of furan rings is 1. The second kappa shape index (κ2) is 7.74. The van der Waals surface area contributed by atoms with Crippen LogP contribution in [0, 0.1) is 5.92 Å². The molecule has 2 atom stereocenters. The largest absolute Gasteiger partial charge is 0.467 e. The van der Waals surface area contributed by atoms with E-state index in [1.165, 1.54) is 0 Å². The molecule has 3 heterocycles. The van der Waals surface area contributed by atoms with Gasteiger partial charge in [-0.05, 0) is 30.9 Å². The molecule has 3 rings (SSSR count). The molecule has 0 aromatic carbocycles. The Hall–Kier alpha value is -2.28. The minimum Gasteiger partial charge on any atom is -0.467 e. The van der Waals surface area contributed by atoms with Gasteiger partial charge in [0.15, 0.2) is 0 Å². The van der Waals surface area contributed by atoms with Crippen LogP contribution in [0.2, 0.25) is 0 Å². The molecule has 25 heavy (non-hydrogen) atoms. The molecule has 0 unspecified atom stereocenters. The second-order valence-corrected chi connectivity index (χ2v) is 6.67. The third kappa shape index (κ3) is 4.04. The number of carbonyl (C=O) groups is 1. The number of aryl methyl sites for hydroxylation is 1. The van der Waals surface area contributed by atoms with Crippen LogP contribution in [0.5, 0.6) is 0 Å². The summed E-state index contributed by atoms with van der Waals surface area (Å²) in [6.07, 6.45) is 4.28. The van der Waals surface area contributed by atoms with Crippen molar-refractivity contribution in [3.63, 3.8) is 0 Å². The highest BCUT2D eigenvalue weighted by Crippen LogP contribution is 2.34. The van der Waals surface area contributed by atoms with E-state index in [9.17, 15) is 4.79 Å². The van der Waals surface area contributed by atoms with Gasteiger partial charge < -0.3 is 14.1 Å². The third-order valence-corrected chi connectivity index (χ3v) is 4.72. The maximum atomic E-state index is 12.9. The zero-order valence-electron chi connectivity index (χ0n) is 15.1. The van der Waals surface area contributed by atoms with E-state index in [1.54, 1.807) is 18.1 Å². The highest BCUT2D eigenvalue weighted by atomic mass is 16.5. The summed E-state index contributed by atoms with van der Waals surface area (Å²) >= 11 is 0. The average molecular weight is 346 g/mol. The van der Waals surface area contributed by atoms with Gasteiger partial charge >= 0.3 is 6.03 Å². The number of likely N-dealkylation sites (tertiary alicyclic amines) is 1. The fourth-order valence-corrected chi connectivity index (χ4v) is 3.29. The molecule has 1 aliphatic heterocycles. The Kier molecular flexibility index (Phi) is 5.43. The van der Waals surface area contributed by atoms with Gasteiger partial charge in [-0.2, -0.15) is 5.10 Å². The summed E-state index contributed by atoms with van der Waals surface area (Å²) in [6.45, 7) is 3.54. The summed E-state index contributed by atoms with van der Waals surface area (Å²) in [5.74, 6) is 2.09. The number of nitrogens with one attached hydrogen (secondary N) is 1. The smallest absolute Gasteiger partial charge is 0.323 e. The maximum Gasteiger partial charge on any atom is 0.323 e. The number of rotatable bonds is 5. The fraction of sp³-hybridized carbons (Fsp3) is 0.556. The van der Waals surface area contributed by atoms with Crippen molar-refractivity contribution in [1.29, 1.82) is 0 Å². The van der Waals surface area contributed by atoms with Crippen LogP contribution in [0.15, 0.2) is 28.9 Å². The number of carbonyl (C=O) groups excluding carboxylic acids is 1. The van der Waals surface area contributed by atoms with Crippen LogP contribution < -0.4 is 5.32 Å². The predicted molar refractivity (Wildman–Crippen MR) is 94.4 cm³/mol. The number of amides is 2. The van der Waals surface area contributed by atoms with Crippen molar-refractivity contribution in [2.24, 2.45) is 13.0 Å². The number of nitrogens with zero attached hydrogens (tertiary/aromatic N) is 3. The van der Waals surface area contributed by atoms with Crippen molar-refractivity contribution < 1.29 is 13.9 Å². The number of urea groups is 1. The van der Waals surface area contributed by atoms with Crippen molar-refractivity contribution >= 4 is 11.8 Å². The Morgan fingerprint density at radius 1 is 1.52 bits per heavy atom. The molecule has 136 valence electrons. The van der Waals surface area contributed by atoms with Crippen molar-refractivity contribution in [2.75, 3.05) is 25.6 Å².